The van der Waals surface area contributed by atoms with E-state index in [0.29, 0.717) is 30.9 Å². The molecule has 106 valence electrons. The summed E-state index contributed by atoms with van der Waals surface area (Å²) in [6, 6.07) is 1.95. The third-order valence-corrected chi connectivity index (χ3v) is 3.54. The quantitative estimate of drug-likeness (QED) is 0.784. The van der Waals surface area contributed by atoms with E-state index < -0.39 is 0 Å². The molecule has 0 aromatic carbocycles. The second-order valence-corrected chi connectivity index (χ2v) is 5.27. The molecule has 6 heteroatoms. The molecule has 0 bridgehead atoms. The van der Waals surface area contributed by atoms with E-state index in [-0.39, 0.29) is 12.0 Å². The van der Waals surface area contributed by atoms with Crippen LogP contribution < -0.4 is 0 Å². The highest BCUT2D eigenvalue weighted by Gasteiger charge is 2.25. The minimum atomic E-state index is -0.0207. The summed E-state index contributed by atoms with van der Waals surface area (Å²) in [6.07, 6.45) is 1.68. The number of aryl methyl sites for hydroxylation is 2. The number of hydrogen-bond acceptors (Lipinski definition) is 4. The molecular formula is C14H18N4O2. The lowest BCUT2D eigenvalue weighted by Crippen LogP contribution is -2.44. The molecule has 0 aliphatic carbocycles. The van der Waals surface area contributed by atoms with Gasteiger partial charge in [0.15, 0.2) is 5.65 Å². The van der Waals surface area contributed by atoms with Crippen LogP contribution in [0.5, 0.6) is 0 Å². The van der Waals surface area contributed by atoms with Crippen LogP contribution in [0.15, 0.2) is 12.3 Å². The van der Waals surface area contributed by atoms with Crippen molar-refractivity contribution in [1.29, 1.82) is 0 Å². The lowest BCUT2D eigenvalue weighted by Gasteiger charge is -2.30. The summed E-state index contributed by atoms with van der Waals surface area (Å²) >= 11 is 0. The summed E-state index contributed by atoms with van der Waals surface area (Å²) < 4.78 is 7.18. The minimum Gasteiger partial charge on any atom is -0.375 e. The number of carbonyl (C=O) groups is 1. The molecule has 1 atom stereocenters. The monoisotopic (exact) mass is 274 g/mol. The van der Waals surface area contributed by atoms with Crippen LogP contribution in [-0.4, -0.2) is 51.2 Å². The molecule has 2 aromatic rings. The predicted octanol–water partition coefficient (Wildman–Crippen LogP) is 1.21. The van der Waals surface area contributed by atoms with Crippen molar-refractivity contribution in [2.24, 2.45) is 0 Å². The zero-order chi connectivity index (χ0) is 14.3. The zero-order valence-electron chi connectivity index (χ0n) is 12.0. The maximum absolute atomic E-state index is 12.6. The number of amides is 1. The van der Waals surface area contributed by atoms with E-state index in [1.807, 2.05) is 31.7 Å². The standard InChI is InChI=1S/C14H18N4O2/c1-9-6-10(2)18-13(16-9)12(7-15-18)14(19)17-4-5-20-11(3)8-17/h6-7,11H,4-5,8H2,1-3H3/t11-/m1/s1. The van der Waals surface area contributed by atoms with E-state index in [1.165, 1.54) is 0 Å². The summed E-state index contributed by atoms with van der Waals surface area (Å²) in [4.78, 5) is 18.9. The number of nitrogens with zero attached hydrogens (tertiary/aromatic N) is 4. The van der Waals surface area contributed by atoms with Crippen molar-refractivity contribution < 1.29 is 9.53 Å². The Labute approximate surface area is 117 Å². The van der Waals surface area contributed by atoms with E-state index in [9.17, 15) is 4.79 Å². The van der Waals surface area contributed by atoms with Crippen molar-refractivity contribution in [2.45, 2.75) is 26.9 Å². The number of morpholine rings is 1. The van der Waals surface area contributed by atoms with Gasteiger partial charge in [-0.3, -0.25) is 4.79 Å². The Kier molecular flexibility index (Phi) is 3.17. The van der Waals surface area contributed by atoms with E-state index in [2.05, 4.69) is 10.1 Å². The van der Waals surface area contributed by atoms with Crippen LogP contribution in [0.25, 0.3) is 5.65 Å². The minimum absolute atomic E-state index is 0.0207. The lowest BCUT2D eigenvalue weighted by atomic mass is 10.2. The van der Waals surface area contributed by atoms with Crippen molar-refractivity contribution in [1.82, 2.24) is 19.5 Å². The van der Waals surface area contributed by atoms with E-state index in [4.69, 9.17) is 4.74 Å². The van der Waals surface area contributed by atoms with Crippen molar-refractivity contribution in [3.63, 3.8) is 0 Å². The average molecular weight is 274 g/mol. The Hall–Kier alpha value is -1.95. The number of ether oxygens (including phenoxy) is 1. The highest BCUT2D eigenvalue weighted by molar-refractivity contribution is 5.99. The number of rotatable bonds is 1. The molecular weight excluding hydrogens is 256 g/mol. The van der Waals surface area contributed by atoms with Gasteiger partial charge in [0.25, 0.3) is 5.91 Å². The van der Waals surface area contributed by atoms with Gasteiger partial charge in [0.05, 0.1) is 18.9 Å². The molecule has 3 heterocycles. The topological polar surface area (TPSA) is 59.7 Å². The van der Waals surface area contributed by atoms with Crippen molar-refractivity contribution in [2.75, 3.05) is 19.7 Å². The first-order chi connectivity index (χ1) is 9.56. The maximum Gasteiger partial charge on any atom is 0.259 e. The van der Waals surface area contributed by atoms with Gasteiger partial charge in [-0.2, -0.15) is 5.10 Å². The normalized spacial score (nSPS) is 19.6. The van der Waals surface area contributed by atoms with Crippen LogP contribution in [0, 0.1) is 13.8 Å². The van der Waals surface area contributed by atoms with Crippen LogP contribution in [0.3, 0.4) is 0 Å². The van der Waals surface area contributed by atoms with Gasteiger partial charge in [-0.25, -0.2) is 9.50 Å². The molecule has 6 nitrogen and oxygen atoms in total. The van der Waals surface area contributed by atoms with Crippen LogP contribution in [-0.2, 0) is 4.74 Å². The Morgan fingerprint density at radius 2 is 2.25 bits per heavy atom. The Bertz CT molecular complexity index is 664. The van der Waals surface area contributed by atoms with Gasteiger partial charge in [0.1, 0.15) is 5.56 Å². The summed E-state index contributed by atoms with van der Waals surface area (Å²) in [6.45, 7) is 7.66. The third-order valence-electron chi connectivity index (χ3n) is 3.54. The summed E-state index contributed by atoms with van der Waals surface area (Å²) in [5, 5.41) is 4.27. The first-order valence-electron chi connectivity index (χ1n) is 6.79. The molecule has 0 saturated carbocycles. The first-order valence-corrected chi connectivity index (χ1v) is 6.79. The fourth-order valence-corrected chi connectivity index (χ4v) is 2.59. The molecule has 0 spiro atoms. The van der Waals surface area contributed by atoms with Gasteiger partial charge in [-0.05, 0) is 26.8 Å². The molecule has 1 aliphatic heterocycles. The maximum atomic E-state index is 12.6. The summed E-state index contributed by atoms with van der Waals surface area (Å²) in [7, 11) is 0. The smallest absolute Gasteiger partial charge is 0.259 e. The lowest BCUT2D eigenvalue weighted by molar-refractivity contribution is -0.0123. The largest absolute Gasteiger partial charge is 0.375 e. The van der Waals surface area contributed by atoms with Crippen LogP contribution >= 0.6 is 0 Å². The second kappa shape index (κ2) is 4.86. The van der Waals surface area contributed by atoms with Crippen molar-refractivity contribution in [3.05, 3.63) is 29.2 Å². The Morgan fingerprint density at radius 1 is 1.45 bits per heavy atom. The highest BCUT2D eigenvalue weighted by Crippen LogP contribution is 2.16. The highest BCUT2D eigenvalue weighted by atomic mass is 16.5. The molecule has 1 saturated heterocycles. The predicted molar refractivity (Wildman–Crippen MR) is 73.8 cm³/mol. The van der Waals surface area contributed by atoms with Crippen LogP contribution in [0.2, 0.25) is 0 Å². The van der Waals surface area contributed by atoms with Crippen LogP contribution in [0.1, 0.15) is 28.7 Å². The Balaban J connectivity index is 1.99. The van der Waals surface area contributed by atoms with E-state index in [1.54, 1.807) is 10.7 Å². The van der Waals surface area contributed by atoms with Gasteiger partial charge in [0, 0.05) is 24.5 Å². The van der Waals surface area contributed by atoms with Crippen molar-refractivity contribution >= 4 is 11.6 Å². The molecule has 1 amide bonds. The van der Waals surface area contributed by atoms with Gasteiger partial charge in [-0.15, -0.1) is 0 Å². The molecule has 3 rings (SSSR count). The number of fused-ring (bicyclic) bond motifs is 1. The molecule has 0 radical (unpaired) electrons. The molecule has 20 heavy (non-hydrogen) atoms. The number of carbonyl (C=O) groups excluding carboxylic acids is 1. The van der Waals surface area contributed by atoms with Gasteiger partial charge in [-0.1, -0.05) is 0 Å². The SMILES string of the molecule is Cc1cc(C)n2ncc(C(=O)N3CCO[C@H](C)C3)c2n1. The van der Waals surface area contributed by atoms with Gasteiger partial charge >= 0.3 is 0 Å². The third kappa shape index (κ3) is 2.16. The van der Waals surface area contributed by atoms with E-state index in [0.717, 1.165) is 11.4 Å². The van der Waals surface area contributed by atoms with E-state index >= 15 is 0 Å². The number of hydrogen-bond donors (Lipinski definition) is 0. The molecule has 2 aromatic heterocycles. The first kappa shape index (κ1) is 13.1. The van der Waals surface area contributed by atoms with Crippen molar-refractivity contribution in [3.8, 4) is 0 Å². The fraction of sp³-hybridized carbons (Fsp3) is 0.500. The Morgan fingerprint density at radius 3 is 3.00 bits per heavy atom. The van der Waals surface area contributed by atoms with Gasteiger partial charge in [0.2, 0.25) is 0 Å². The summed E-state index contributed by atoms with van der Waals surface area (Å²) in [5.41, 5.74) is 3.05. The molecule has 0 unspecified atom stereocenters. The number of aromatic nitrogens is 3. The fourth-order valence-electron chi connectivity index (χ4n) is 2.59. The van der Waals surface area contributed by atoms with Gasteiger partial charge < -0.3 is 9.64 Å². The summed E-state index contributed by atoms with van der Waals surface area (Å²) in [5.74, 6) is -0.0207. The zero-order valence-corrected chi connectivity index (χ0v) is 12.0. The van der Waals surface area contributed by atoms with Crippen LogP contribution in [0.4, 0.5) is 0 Å². The average Bonchev–Trinajstić information content (AvgIpc) is 2.81. The molecule has 0 N–H and O–H groups in total. The molecule has 1 aliphatic rings. The molecule has 1 fully saturated rings. The second-order valence-electron chi connectivity index (χ2n) is 5.27.